The number of alkyl carbamates (subject to hydrolysis) is 1. The molecule has 1 aromatic carbocycles. The lowest BCUT2D eigenvalue weighted by Gasteiger charge is -2.37. The Morgan fingerprint density at radius 2 is 1.88 bits per heavy atom. The van der Waals surface area contributed by atoms with Gasteiger partial charge < -0.3 is 29.9 Å². The van der Waals surface area contributed by atoms with Gasteiger partial charge in [-0.25, -0.2) is 28.3 Å². The molecule has 2 aromatic heterocycles. The molecular weight excluding hydrogens is 570 g/mol. The van der Waals surface area contributed by atoms with E-state index in [1.165, 1.54) is 16.0 Å². The highest BCUT2D eigenvalue weighted by Gasteiger charge is 2.35. The first-order chi connectivity index (χ1) is 20.6. The van der Waals surface area contributed by atoms with Crippen LogP contribution in [0.3, 0.4) is 0 Å². The number of anilines is 2. The molecule has 14 nitrogen and oxygen atoms in total. The summed E-state index contributed by atoms with van der Waals surface area (Å²) in [4.78, 5) is 61.8. The number of hydrogen-bond donors (Lipinski definition) is 2. The summed E-state index contributed by atoms with van der Waals surface area (Å²) in [7, 11) is 0. The van der Waals surface area contributed by atoms with Crippen molar-refractivity contribution < 1.29 is 37.4 Å². The predicted octanol–water partition coefficient (Wildman–Crippen LogP) is 1.55. The van der Waals surface area contributed by atoms with Gasteiger partial charge in [0.2, 0.25) is 11.7 Å². The van der Waals surface area contributed by atoms with Crippen molar-refractivity contribution in [3.8, 4) is 0 Å². The summed E-state index contributed by atoms with van der Waals surface area (Å²) in [6, 6.07) is 2.93. The SMILES string of the molecule is CCOC(=O)NC[C@H]1CN(c2cc(F)c(N3CCN(C(=O)[C@H](C)NC(=O)c4cn5cccnc5n4)CC3)c(F)c2)C(=O)O1. The van der Waals surface area contributed by atoms with Crippen molar-refractivity contribution in [1.29, 1.82) is 0 Å². The third-order valence-corrected chi connectivity index (χ3v) is 7.03. The number of benzene rings is 1. The summed E-state index contributed by atoms with van der Waals surface area (Å²) in [6.07, 6.45) is 2.57. The topological polar surface area (TPSA) is 151 Å². The molecule has 228 valence electrons. The fraction of sp³-hybridized carbons (Fsp3) is 0.407. The number of rotatable bonds is 8. The van der Waals surface area contributed by atoms with Gasteiger partial charge in [-0.05, 0) is 19.9 Å². The van der Waals surface area contributed by atoms with Crippen molar-refractivity contribution in [1.82, 2.24) is 29.9 Å². The fourth-order valence-electron chi connectivity index (χ4n) is 4.92. The number of fused-ring (bicyclic) bond motifs is 1. The molecule has 2 saturated heterocycles. The second-order valence-corrected chi connectivity index (χ2v) is 9.94. The molecule has 0 radical (unpaired) electrons. The molecule has 2 N–H and O–H groups in total. The van der Waals surface area contributed by atoms with Crippen LogP contribution in [0.4, 0.5) is 29.7 Å². The number of hydrogen-bond acceptors (Lipinski definition) is 9. The van der Waals surface area contributed by atoms with Crippen LogP contribution in [0.5, 0.6) is 0 Å². The predicted molar refractivity (Wildman–Crippen MR) is 148 cm³/mol. The molecule has 2 aliphatic rings. The molecule has 0 unspecified atom stereocenters. The third-order valence-electron chi connectivity index (χ3n) is 7.03. The van der Waals surface area contributed by atoms with Crippen LogP contribution in [0.1, 0.15) is 24.3 Å². The Bertz CT molecular complexity index is 1490. The zero-order valence-electron chi connectivity index (χ0n) is 23.5. The van der Waals surface area contributed by atoms with Gasteiger partial charge in [0.25, 0.3) is 5.91 Å². The lowest BCUT2D eigenvalue weighted by Crippen LogP contribution is -2.54. The summed E-state index contributed by atoms with van der Waals surface area (Å²) in [5, 5.41) is 5.10. The molecule has 2 atom stereocenters. The van der Waals surface area contributed by atoms with Crippen LogP contribution in [0.15, 0.2) is 36.8 Å². The molecule has 0 bridgehead atoms. The quantitative estimate of drug-likeness (QED) is 0.393. The minimum atomic E-state index is -0.877. The average molecular weight is 601 g/mol. The van der Waals surface area contributed by atoms with Crippen molar-refractivity contribution in [2.75, 3.05) is 55.7 Å². The molecule has 0 spiro atoms. The van der Waals surface area contributed by atoms with Crippen molar-refractivity contribution in [2.24, 2.45) is 0 Å². The second kappa shape index (κ2) is 12.5. The largest absolute Gasteiger partial charge is 0.450 e. The van der Waals surface area contributed by atoms with Crippen molar-refractivity contribution in [3.63, 3.8) is 0 Å². The van der Waals surface area contributed by atoms with Crippen molar-refractivity contribution in [2.45, 2.75) is 26.0 Å². The molecule has 5 rings (SSSR count). The molecule has 2 aliphatic heterocycles. The van der Waals surface area contributed by atoms with E-state index >= 15 is 8.78 Å². The molecule has 4 amide bonds. The minimum Gasteiger partial charge on any atom is -0.450 e. The first-order valence-electron chi connectivity index (χ1n) is 13.7. The molecular formula is C27H30F2N8O6. The van der Waals surface area contributed by atoms with Gasteiger partial charge in [0.15, 0.2) is 11.6 Å². The number of cyclic esters (lactones) is 1. The molecule has 0 aliphatic carbocycles. The summed E-state index contributed by atoms with van der Waals surface area (Å²) in [6.45, 7) is 3.97. The Morgan fingerprint density at radius 1 is 1.16 bits per heavy atom. The highest BCUT2D eigenvalue weighted by molar-refractivity contribution is 5.96. The molecule has 16 heteroatoms. The van der Waals surface area contributed by atoms with E-state index < -0.39 is 41.9 Å². The lowest BCUT2D eigenvalue weighted by molar-refractivity contribution is -0.133. The number of ether oxygens (including phenoxy) is 2. The fourth-order valence-corrected chi connectivity index (χ4v) is 4.92. The van der Waals surface area contributed by atoms with Gasteiger partial charge in [-0.3, -0.25) is 18.9 Å². The van der Waals surface area contributed by atoms with Crippen molar-refractivity contribution >= 4 is 41.2 Å². The molecule has 0 saturated carbocycles. The average Bonchev–Trinajstić information content (AvgIpc) is 3.59. The first-order valence-corrected chi connectivity index (χ1v) is 13.7. The summed E-state index contributed by atoms with van der Waals surface area (Å²) >= 11 is 0. The highest BCUT2D eigenvalue weighted by Crippen LogP contribution is 2.31. The highest BCUT2D eigenvalue weighted by atomic mass is 19.1. The van der Waals surface area contributed by atoms with Crippen LogP contribution in [-0.4, -0.2) is 101 Å². The number of carbonyl (C=O) groups excluding carboxylic acids is 4. The van der Waals surface area contributed by atoms with Gasteiger partial charge in [-0.2, -0.15) is 0 Å². The Balaban J connectivity index is 1.16. The van der Waals surface area contributed by atoms with Crippen molar-refractivity contribution in [3.05, 3.63) is 54.1 Å². The maximum Gasteiger partial charge on any atom is 0.414 e. The van der Waals surface area contributed by atoms with Gasteiger partial charge in [-0.1, -0.05) is 0 Å². The first kappa shape index (κ1) is 29.5. The van der Waals surface area contributed by atoms with Crippen LogP contribution in [0, 0.1) is 11.6 Å². The van der Waals surface area contributed by atoms with E-state index in [9.17, 15) is 19.2 Å². The monoisotopic (exact) mass is 600 g/mol. The third kappa shape index (κ3) is 6.42. The number of piperazine rings is 1. The maximum absolute atomic E-state index is 15.2. The molecule has 2 fully saturated rings. The summed E-state index contributed by atoms with van der Waals surface area (Å²) in [5.74, 6) is -2.27. The maximum atomic E-state index is 15.2. The van der Waals surface area contributed by atoms with E-state index in [1.807, 2.05) is 0 Å². The Morgan fingerprint density at radius 3 is 2.56 bits per heavy atom. The van der Waals surface area contributed by atoms with E-state index in [0.717, 1.165) is 17.0 Å². The van der Waals surface area contributed by atoms with Gasteiger partial charge in [0.1, 0.15) is 23.5 Å². The van der Waals surface area contributed by atoms with E-state index in [1.54, 1.807) is 36.7 Å². The number of nitrogens with one attached hydrogen (secondary N) is 2. The Hall–Kier alpha value is -5.02. The Labute approximate surface area is 244 Å². The number of nitrogens with zero attached hydrogens (tertiary/aromatic N) is 6. The number of aromatic nitrogens is 3. The number of carbonyl (C=O) groups is 4. The van der Waals surface area contributed by atoms with E-state index in [-0.39, 0.29) is 68.9 Å². The summed E-state index contributed by atoms with van der Waals surface area (Å²) in [5.41, 5.74) is -0.184. The van der Waals surface area contributed by atoms with Crippen LogP contribution in [0.25, 0.3) is 5.78 Å². The zero-order valence-corrected chi connectivity index (χ0v) is 23.5. The van der Waals surface area contributed by atoms with E-state index in [0.29, 0.717) is 5.78 Å². The van der Waals surface area contributed by atoms with Gasteiger partial charge in [0, 0.05) is 56.9 Å². The van der Waals surface area contributed by atoms with Gasteiger partial charge in [0.05, 0.1) is 25.4 Å². The minimum absolute atomic E-state index is 0.0204. The van der Waals surface area contributed by atoms with E-state index in [2.05, 4.69) is 20.6 Å². The normalized spacial score (nSPS) is 17.5. The standard InChI is InChI=1S/C27H30F2N8O6/c1-3-42-26(40)31-13-18-14-37(27(41)43-18)17-11-19(28)22(20(29)12-17)34-7-9-35(10-8-34)24(39)16(2)32-23(38)21-15-36-6-4-5-30-25(36)33-21/h4-6,11-12,15-16,18H,3,7-10,13-14H2,1-2H3,(H,31,40)(H,32,38)/t16-,18-/m0/s1. The van der Waals surface area contributed by atoms with Gasteiger partial charge >= 0.3 is 12.2 Å². The lowest BCUT2D eigenvalue weighted by atomic mass is 10.1. The second-order valence-electron chi connectivity index (χ2n) is 9.94. The zero-order chi connectivity index (χ0) is 30.7. The van der Waals surface area contributed by atoms with Crippen LogP contribution >= 0.6 is 0 Å². The van der Waals surface area contributed by atoms with E-state index in [4.69, 9.17) is 9.47 Å². The number of amides is 4. The van der Waals surface area contributed by atoms with Crippen LogP contribution < -0.4 is 20.4 Å². The smallest absolute Gasteiger partial charge is 0.414 e. The molecule has 3 aromatic rings. The number of halogens is 2. The molecule has 43 heavy (non-hydrogen) atoms. The molecule has 4 heterocycles. The Kier molecular flexibility index (Phi) is 8.54. The van der Waals surface area contributed by atoms with Gasteiger partial charge in [-0.15, -0.1) is 0 Å². The number of imidazole rings is 1. The van der Waals surface area contributed by atoms with Crippen LogP contribution in [-0.2, 0) is 14.3 Å². The van der Waals surface area contributed by atoms with Crippen LogP contribution in [0.2, 0.25) is 0 Å². The summed E-state index contributed by atoms with van der Waals surface area (Å²) < 4.78 is 41.9.